The second-order valence-corrected chi connectivity index (χ2v) is 4.83. The largest absolute Gasteiger partial charge is 0.508 e. The number of amides is 1. The number of pyridine rings is 1. The zero-order chi connectivity index (χ0) is 14.5. The number of hydrogen-bond donors (Lipinski definition) is 1. The number of phenolic OH excluding ortho intramolecular Hbond substituents is 1. The van der Waals surface area contributed by atoms with Gasteiger partial charge in [-0.15, -0.1) is 0 Å². The van der Waals surface area contributed by atoms with Gasteiger partial charge in [0, 0.05) is 31.5 Å². The Bertz CT molecular complexity index is 597. The van der Waals surface area contributed by atoms with Crippen LogP contribution in [0.3, 0.4) is 0 Å². The highest BCUT2D eigenvalue weighted by Crippen LogP contribution is 2.17. The van der Waals surface area contributed by atoms with E-state index in [-0.39, 0.29) is 11.7 Å². The predicted molar refractivity (Wildman–Crippen MR) is 77.7 cm³/mol. The molecule has 1 aromatic heterocycles. The van der Waals surface area contributed by atoms with E-state index in [0.29, 0.717) is 17.7 Å². The van der Waals surface area contributed by atoms with E-state index < -0.39 is 0 Å². The smallest absolute Gasteiger partial charge is 0.253 e. The van der Waals surface area contributed by atoms with Crippen molar-refractivity contribution >= 4 is 5.91 Å². The third-order valence-electron chi connectivity index (χ3n) is 3.28. The van der Waals surface area contributed by atoms with Crippen LogP contribution in [0.5, 0.6) is 5.75 Å². The zero-order valence-electron chi connectivity index (χ0n) is 11.7. The van der Waals surface area contributed by atoms with E-state index in [0.717, 1.165) is 12.0 Å². The zero-order valence-corrected chi connectivity index (χ0v) is 11.7. The summed E-state index contributed by atoms with van der Waals surface area (Å²) in [6.45, 7) is 2.42. The molecule has 0 fully saturated rings. The molecule has 2 rings (SSSR count). The lowest BCUT2D eigenvalue weighted by molar-refractivity contribution is 0.0796. The molecule has 0 aliphatic carbocycles. The molecule has 2 aromatic rings. The van der Waals surface area contributed by atoms with Gasteiger partial charge in [-0.25, -0.2) is 0 Å². The molecular weight excluding hydrogens is 252 g/mol. The molecule has 1 N–H and O–H groups in total. The van der Waals surface area contributed by atoms with Crippen molar-refractivity contribution in [3.63, 3.8) is 0 Å². The first-order valence-corrected chi connectivity index (χ1v) is 6.52. The van der Waals surface area contributed by atoms with Gasteiger partial charge in [0.25, 0.3) is 5.91 Å². The highest BCUT2D eigenvalue weighted by Gasteiger charge is 2.12. The van der Waals surface area contributed by atoms with Gasteiger partial charge in [0.1, 0.15) is 5.75 Å². The lowest BCUT2D eigenvalue weighted by Gasteiger charge is -2.17. The van der Waals surface area contributed by atoms with Crippen LogP contribution >= 0.6 is 0 Å². The molecule has 4 heteroatoms. The molecule has 0 saturated carbocycles. The highest BCUT2D eigenvalue weighted by atomic mass is 16.3. The standard InChI is InChI=1S/C16H18N2O2/c1-12-11-14(3-4-15(12)19)16(20)18(2)10-7-13-5-8-17-9-6-13/h3-6,8-9,11,19H,7,10H2,1-2H3. The Kier molecular flexibility index (Phi) is 4.35. The molecule has 0 bridgehead atoms. The van der Waals surface area contributed by atoms with Crippen LogP contribution in [0.15, 0.2) is 42.7 Å². The fourth-order valence-corrected chi connectivity index (χ4v) is 1.96. The van der Waals surface area contributed by atoms with E-state index in [2.05, 4.69) is 4.98 Å². The number of aromatic nitrogens is 1. The number of nitrogens with zero attached hydrogens (tertiary/aromatic N) is 2. The summed E-state index contributed by atoms with van der Waals surface area (Å²) >= 11 is 0. The normalized spacial score (nSPS) is 10.3. The van der Waals surface area contributed by atoms with Crippen LogP contribution in [-0.2, 0) is 6.42 Å². The van der Waals surface area contributed by atoms with Gasteiger partial charge in [-0.05, 0) is 54.8 Å². The minimum Gasteiger partial charge on any atom is -0.508 e. The van der Waals surface area contributed by atoms with Gasteiger partial charge in [0.05, 0.1) is 0 Å². The molecular formula is C16H18N2O2. The van der Waals surface area contributed by atoms with Crippen LogP contribution in [-0.4, -0.2) is 34.5 Å². The second kappa shape index (κ2) is 6.19. The van der Waals surface area contributed by atoms with Gasteiger partial charge in [0.15, 0.2) is 0 Å². The number of phenols is 1. The number of rotatable bonds is 4. The summed E-state index contributed by atoms with van der Waals surface area (Å²) in [7, 11) is 1.78. The molecule has 0 aliphatic rings. The number of hydrogen-bond acceptors (Lipinski definition) is 3. The van der Waals surface area contributed by atoms with Crippen molar-refractivity contribution in [1.82, 2.24) is 9.88 Å². The van der Waals surface area contributed by atoms with Crippen LogP contribution in [0, 0.1) is 6.92 Å². The number of benzene rings is 1. The van der Waals surface area contributed by atoms with Crippen LogP contribution in [0.1, 0.15) is 21.5 Å². The third-order valence-corrected chi connectivity index (χ3v) is 3.28. The minimum atomic E-state index is -0.0397. The Morgan fingerprint density at radius 1 is 1.25 bits per heavy atom. The maximum absolute atomic E-state index is 12.3. The van der Waals surface area contributed by atoms with Gasteiger partial charge < -0.3 is 10.0 Å². The molecule has 20 heavy (non-hydrogen) atoms. The molecule has 1 aromatic carbocycles. The molecule has 0 radical (unpaired) electrons. The number of aromatic hydroxyl groups is 1. The Morgan fingerprint density at radius 3 is 2.60 bits per heavy atom. The summed E-state index contributed by atoms with van der Waals surface area (Å²) in [4.78, 5) is 17.9. The fourth-order valence-electron chi connectivity index (χ4n) is 1.96. The van der Waals surface area contributed by atoms with Crippen LogP contribution < -0.4 is 0 Å². The van der Waals surface area contributed by atoms with Gasteiger partial charge in [-0.2, -0.15) is 0 Å². The Labute approximate surface area is 118 Å². The highest BCUT2D eigenvalue weighted by molar-refractivity contribution is 5.94. The monoisotopic (exact) mass is 270 g/mol. The molecule has 0 spiro atoms. The first kappa shape index (κ1) is 14.1. The van der Waals surface area contributed by atoms with Crippen molar-refractivity contribution in [2.75, 3.05) is 13.6 Å². The van der Waals surface area contributed by atoms with Crippen LogP contribution in [0.4, 0.5) is 0 Å². The second-order valence-electron chi connectivity index (χ2n) is 4.83. The van der Waals surface area contributed by atoms with E-state index in [1.54, 1.807) is 49.5 Å². The first-order chi connectivity index (χ1) is 9.58. The van der Waals surface area contributed by atoms with Crippen molar-refractivity contribution in [3.05, 3.63) is 59.4 Å². The lowest BCUT2D eigenvalue weighted by Crippen LogP contribution is -2.28. The molecule has 0 unspecified atom stereocenters. The van der Waals surface area contributed by atoms with E-state index in [1.807, 2.05) is 12.1 Å². The number of aryl methyl sites for hydroxylation is 1. The fraction of sp³-hybridized carbons (Fsp3) is 0.250. The average Bonchev–Trinajstić information content (AvgIpc) is 2.48. The van der Waals surface area contributed by atoms with Crippen LogP contribution in [0.2, 0.25) is 0 Å². The summed E-state index contributed by atoms with van der Waals surface area (Å²) < 4.78 is 0. The first-order valence-electron chi connectivity index (χ1n) is 6.52. The van der Waals surface area contributed by atoms with Gasteiger partial charge in [-0.3, -0.25) is 9.78 Å². The quantitative estimate of drug-likeness (QED) is 0.928. The number of carbonyl (C=O) groups is 1. The molecule has 0 saturated heterocycles. The van der Waals surface area contributed by atoms with Crippen molar-refractivity contribution in [3.8, 4) is 5.75 Å². The summed E-state index contributed by atoms with van der Waals surface area (Å²) in [5.74, 6) is 0.170. The Morgan fingerprint density at radius 2 is 1.95 bits per heavy atom. The molecule has 0 atom stereocenters. The summed E-state index contributed by atoms with van der Waals surface area (Å²) in [5.41, 5.74) is 2.46. The Balaban J connectivity index is 1.99. The molecule has 1 amide bonds. The van der Waals surface area contributed by atoms with Crippen molar-refractivity contribution in [1.29, 1.82) is 0 Å². The molecule has 104 valence electrons. The van der Waals surface area contributed by atoms with E-state index >= 15 is 0 Å². The molecule has 4 nitrogen and oxygen atoms in total. The molecule has 0 aliphatic heterocycles. The minimum absolute atomic E-state index is 0.0397. The van der Waals surface area contributed by atoms with Gasteiger partial charge >= 0.3 is 0 Å². The summed E-state index contributed by atoms with van der Waals surface area (Å²) in [5, 5.41) is 9.49. The topological polar surface area (TPSA) is 53.4 Å². The van der Waals surface area contributed by atoms with E-state index in [9.17, 15) is 9.90 Å². The maximum atomic E-state index is 12.3. The number of carbonyl (C=O) groups excluding carboxylic acids is 1. The maximum Gasteiger partial charge on any atom is 0.253 e. The molecule has 1 heterocycles. The van der Waals surface area contributed by atoms with Crippen molar-refractivity contribution in [2.45, 2.75) is 13.3 Å². The Hall–Kier alpha value is -2.36. The summed E-state index contributed by atoms with van der Waals surface area (Å²) in [6.07, 6.45) is 4.29. The van der Waals surface area contributed by atoms with Gasteiger partial charge in [0.2, 0.25) is 0 Å². The average molecular weight is 270 g/mol. The number of likely N-dealkylation sites (N-methyl/N-ethyl adjacent to an activating group) is 1. The van der Waals surface area contributed by atoms with Gasteiger partial charge in [-0.1, -0.05) is 0 Å². The summed E-state index contributed by atoms with van der Waals surface area (Å²) in [6, 6.07) is 8.81. The van der Waals surface area contributed by atoms with E-state index in [1.165, 1.54) is 0 Å². The van der Waals surface area contributed by atoms with E-state index in [4.69, 9.17) is 0 Å². The third kappa shape index (κ3) is 3.35. The van der Waals surface area contributed by atoms with Crippen molar-refractivity contribution < 1.29 is 9.90 Å². The van der Waals surface area contributed by atoms with Crippen LogP contribution in [0.25, 0.3) is 0 Å². The van der Waals surface area contributed by atoms with Crippen molar-refractivity contribution in [2.24, 2.45) is 0 Å². The lowest BCUT2D eigenvalue weighted by atomic mass is 10.1. The predicted octanol–water partition coefficient (Wildman–Crippen LogP) is 2.41. The SMILES string of the molecule is Cc1cc(C(=O)N(C)CCc2ccncc2)ccc1O.